The zero-order chi connectivity index (χ0) is 31.3. The van der Waals surface area contributed by atoms with Gasteiger partial charge in [0.15, 0.2) is 0 Å². The third-order valence-corrected chi connectivity index (χ3v) is 8.85. The molecule has 0 rings (SSSR count). The van der Waals surface area contributed by atoms with Crippen LogP contribution in [0.2, 0.25) is 0 Å². The Morgan fingerprint density at radius 3 is 1.43 bits per heavy atom. The van der Waals surface area contributed by atoms with E-state index in [0.717, 1.165) is 38.5 Å². The first kappa shape index (κ1) is 41.0. The largest absolute Gasteiger partial charge is 0.387 e. The van der Waals surface area contributed by atoms with Gasteiger partial charge in [-0.15, -0.1) is 0 Å². The molecule has 0 saturated carbocycles. The number of hydrogen-bond acceptors (Lipinski definition) is 5. The first-order valence-corrected chi connectivity index (χ1v) is 19.1. The average Bonchev–Trinajstić information content (AvgIpc) is 2.94. The van der Waals surface area contributed by atoms with Crippen molar-refractivity contribution in [2.45, 2.75) is 193 Å². The third-order valence-electron chi connectivity index (χ3n) is 8.07. The van der Waals surface area contributed by atoms with Crippen molar-refractivity contribution < 1.29 is 28.0 Å². The van der Waals surface area contributed by atoms with Crippen LogP contribution in [-0.2, 0) is 14.9 Å². The molecule has 3 atom stereocenters. The van der Waals surface area contributed by atoms with Crippen molar-refractivity contribution in [3.8, 4) is 0 Å². The Kier molecular flexibility index (Phi) is 28.1. The van der Waals surface area contributed by atoms with Gasteiger partial charge in [0.2, 0.25) is 5.91 Å². The molecule has 0 aliphatic carbocycles. The van der Waals surface area contributed by atoms with Gasteiger partial charge in [-0.25, -0.2) is 0 Å². The highest BCUT2D eigenvalue weighted by molar-refractivity contribution is 7.85. The van der Waals surface area contributed by atoms with Crippen molar-refractivity contribution in [3.63, 3.8) is 0 Å². The van der Waals surface area contributed by atoms with E-state index in [1.807, 2.05) is 0 Å². The summed E-state index contributed by atoms with van der Waals surface area (Å²) in [7, 11) is -4.42. The summed E-state index contributed by atoms with van der Waals surface area (Å²) in [6.45, 7) is 4.43. The van der Waals surface area contributed by atoms with Gasteiger partial charge >= 0.3 is 0 Å². The molecular weight excluding hydrogens is 550 g/mol. The van der Waals surface area contributed by atoms with Gasteiger partial charge in [0.25, 0.3) is 10.1 Å². The number of unbranched alkanes of at least 4 members (excludes halogenated alkanes) is 22. The van der Waals surface area contributed by atoms with Crippen LogP contribution in [0.3, 0.4) is 0 Å². The van der Waals surface area contributed by atoms with Gasteiger partial charge in [-0.3, -0.25) is 9.35 Å². The zero-order valence-corrected chi connectivity index (χ0v) is 28.1. The van der Waals surface area contributed by atoms with Crippen LogP contribution in [-0.4, -0.2) is 53.1 Å². The molecule has 42 heavy (non-hydrogen) atoms. The molecule has 0 saturated heterocycles. The third kappa shape index (κ3) is 27.8. The number of carbonyl (C=O) groups is 1. The van der Waals surface area contributed by atoms with E-state index in [4.69, 9.17) is 0 Å². The minimum absolute atomic E-state index is 0.285. The maximum atomic E-state index is 12.5. The second kappa shape index (κ2) is 28.8. The van der Waals surface area contributed by atoms with E-state index in [-0.39, 0.29) is 6.42 Å². The van der Waals surface area contributed by atoms with Crippen molar-refractivity contribution in [1.82, 2.24) is 5.32 Å². The molecule has 0 heterocycles. The maximum absolute atomic E-state index is 12.5. The Hall–Kier alpha value is -0.960. The molecule has 0 aromatic carbocycles. The van der Waals surface area contributed by atoms with Crippen molar-refractivity contribution in [1.29, 1.82) is 0 Å². The molecule has 7 nitrogen and oxygen atoms in total. The molecule has 0 radical (unpaired) electrons. The molecule has 1 amide bonds. The van der Waals surface area contributed by atoms with Gasteiger partial charge in [0.1, 0.15) is 6.10 Å². The summed E-state index contributed by atoms with van der Waals surface area (Å²) in [5, 5.41) is 23.2. The molecule has 0 aromatic rings. The summed E-state index contributed by atoms with van der Waals surface area (Å²) in [5.74, 6) is -1.53. The SMILES string of the molecule is CCCCCCCC/C=C/C(O)C(CS(=O)(=O)O)NC(=O)C(O)CCCCCCCCCCCCCCCCCCC. The van der Waals surface area contributed by atoms with Gasteiger partial charge in [-0.1, -0.05) is 167 Å². The number of rotatable bonds is 31. The second-order valence-corrected chi connectivity index (χ2v) is 13.8. The maximum Gasteiger partial charge on any atom is 0.267 e. The lowest BCUT2D eigenvalue weighted by molar-refractivity contribution is -0.130. The predicted molar refractivity (Wildman–Crippen MR) is 176 cm³/mol. The van der Waals surface area contributed by atoms with Gasteiger partial charge in [-0.2, -0.15) is 8.42 Å². The lowest BCUT2D eigenvalue weighted by Gasteiger charge is -2.22. The Morgan fingerprint density at radius 1 is 0.643 bits per heavy atom. The molecular formula is C34H67NO6S. The monoisotopic (exact) mass is 617 g/mol. The average molecular weight is 618 g/mol. The van der Waals surface area contributed by atoms with Gasteiger partial charge in [0.05, 0.1) is 17.9 Å². The van der Waals surface area contributed by atoms with E-state index >= 15 is 0 Å². The van der Waals surface area contributed by atoms with E-state index in [1.54, 1.807) is 6.08 Å². The lowest BCUT2D eigenvalue weighted by Crippen LogP contribution is -2.50. The molecule has 250 valence electrons. The van der Waals surface area contributed by atoms with Crippen LogP contribution < -0.4 is 5.32 Å². The summed E-state index contributed by atoms with van der Waals surface area (Å²) >= 11 is 0. The molecule has 4 N–H and O–H groups in total. The molecule has 0 aromatic heterocycles. The highest BCUT2D eigenvalue weighted by Gasteiger charge is 2.27. The molecule has 3 unspecified atom stereocenters. The Morgan fingerprint density at radius 2 is 1.02 bits per heavy atom. The normalized spacial score (nSPS) is 14.3. The number of aliphatic hydroxyl groups is 2. The minimum Gasteiger partial charge on any atom is -0.387 e. The highest BCUT2D eigenvalue weighted by Crippen LogP contribution is 2.15. The van der Waals surface area contributed by atoms with Crippen LogP contribution in [0.1, 0.15) is 174 Å². The van der Waals surface area contributed by atoms with Gasteiger partial charge in [-0.05, 0) is 19.3 Å². The van der Waals surface area contributed by atoms with Gasteiger partial charge in [0, 0.05) is 0 Å². The van der Waals surface area contributed by atoms with E-state index in [2.05, 4.69) is 19.2 Å². The van der Waals surface area contributed by atoms with Crippen LogP contribution in [0.25, 0.3) is 0 Å². The van der Waals surface area contributed by atoms with Crippen molar-refractivity contribution in [2.75, 3.05) is 5.75 Å². The smallest absolute Gasteiger partial charge is 0.267 e. The van der Waals surface area contributed by atoms with Gasteiger partial charge < -0.3 is 15.5 Å². The van der Waals surface area contributed by atoms with E-state index in [9.17, 15) is 28.0 Å². The number of carbonyl (C=O) groups excluding carboxylic acids is 1. The van der Waals surface area contributed by atoms with Crippen LogP contribution in [0.5, 0.6) is 0 Å². The van der Waals surface area contributed by atoms with E-state index < -0.39 is 40.0 Å². The number of hydrogen-bond donors (Lipinski definition) is 4. The highest BCUT2D eigenvalue weighted by atomic mass is 32.2. The predicted octanol–water partition coefficient (Wildman–Crippen LogP) is 8.43. The fraction of sp³-hybridized carbons (Fsp3) is 0.912. The fourth-order valence-electron chi connectivity index (χ4n) is 5.34. The minimum atomic E-state index is -4.42. The standard InChI is InChI=1S/C34H67NO6S/c1-3-5-7-9-11-13-14-15-16-17-18-19-20-21-23-25-27-29-33(37)34(38)35-31(30-42(39,40)41)32(36)28-26-24-22-12-10-8-6-4-2/h26,28,31-33,36-37H,3-25,27,29-30H2,1-2H3,(H,35,38)(H,39,40,41)/b28-26+. The Labute approximate surface area is 259 Å². The van der Waals surface area contributed by atoms with Crippen LogP contribution >= 0.6 is 0 Å². The molecule has 0 aliphatic rings. The molecule has 0 spiro atoms. The summed E-state index contributed by atoms with van der Waals surface area (Å²) < 4.78 is 32.2. The summed E-state index contributed by atoms with van der Waals surface area (Å²) in [5.41, 5.74) is 0. The fourth-order valence-corrected chi connectivity index (χ4v) is 6.07. The van der Waals surface area contributed by atoms with Crippen LogP contribution in [0.15, 0.2) is 12.2 Å². The van der Waals surface area contributed by atoms with Crippen molar-refractivity contribution in [2.24, 2.45) is 0 Å². The molecule has 8 heteroatoms. The zero-order valence-electron chi connectivity index (χ0n) is 27.2. The van der Waals surface area contributed by atoms with Crippen molar-refractivity contribution >= 4 is 16.0 Å². The first-order valence-electron chi connectivity index (χ1n) is 17.5. The quantitative estimate of drug-likeness (QED) is 0.0352. The van der Waals surface area contributed by atoms with Crippen LogP contribution in [0, 0.1) is 0 Å². The van der Waals surface area contributed by atoms with E-state index in [1.165, 1.54) is 115 Å². The Balaban J connectivity index is 4.01. The van der Waals surface area contributed by atoms with Crippen molar-refractivity contribution in [3.05, 3.63) is 12.2 Å². The summed E-state index contributed by atoms with van der Waals surface area (Å²) in [6.07, 6.45) is 30.0. The Bertz CT molecular complexity index is 742. The molecule has 0 fully saturated rings. The lowest BCUT2D eigenvalue weighted by atomic mass is 10.0. The molecule has 0 bridgehead atoms. The number of amides is 1. The number of aliphatic hydroxyl groups excluding tert-OH is 2. The first-order chi connectivity index (χ1) is 20.2. The number of nitrogens with one attached hydrogen (secondary N) is 1. The second-order valence-electron chi connectivity index (χ2n) is 12.3. The summed E-state index contributed by atoms with van der Waals surface area (Å²) in [6, 6.07) is -1.22. The molecule has 0 aliphatic heterocycles. The topological polar surface area (TPSA) is 124 Å². The summed E-state index contributed by atoms with van der Waals surface area (Å²) in [4.78, 5) is 12.5. The van der Waals surface area contributed by atoms with Crippen LogP contribution in [0.4, 0.5) is 0 Å². The number of allylic oxidation sites excluding steroid dienone is 1. The van der Waals surface area contributed by atoms with E-state index in [0.29, 0.717) is 6.42 Å².